The first-order chi connectivity index (χ1) is 9.50. The van der Waals surface area contributed by atoms with Gasteiger partial charge in [0.1, 0.15) is 0 Å². The van der Waals surface area contributed by atoms with Crippen molar-refractivity contribution in [1.29, 1.82) is 0 Å². The third kappa shape index (κ3) is 2.26. The second-order valence-electron chi connectivity index (χ2n) is 4.71. The molecule has 0 radical (unpaired) electrons. The van der Waals surface area contributed by atoms with Crippen LogP contribution in [0.25, 0.3) is 0 Å². The van der Waals surface area contributed by atoms with Gasteiger partial charge in [0.2, 0.25) is 0 Å². The zero-order valence-electron chi connectivity index (χ0n) is 10.4. The van der Waals surface area contributed by atoms with E-state index in [9.17, 15) is 13.2 Å². The number of nitrogens with one attached hydrogen (secondary N) is 1. The summed E-state index contributed by atoms with van der Waals surface area (Å²) in [7, 11) is 0. The Labute approximate surface area is 119 Å². The quantitative estimate of drug-likeness (QED) is 0.861. The van der Waals surface area contributed by atoms with E-state index in [4.69, 9.17) is 0 Å². The molecule has 104 valence electrons. The van der Waals surface area contributed by atoms with Gasteiger partial charge in [-0.1, -0.05) is 54.2 Å². The molecule has 20 heavy (non-hydrogen) atoms. The van der Waals surface area contributed by atoms with Gasteiger partial charge < -0.3 is 5.32 Å². The Morgan fingerprint density at radius 1 is 0.950 bits per heavy atom. The number of alkyl halides is 3. The van der Waals surface area contributed by atoms with Crippen LogP contribution in [0.1, 0.15) is 5.56 Å². The lowest BCUT2D eigenvalue weighted by molar-refractivity contribution is -0.151. The normalized spacial score (nSPS) is 21.4. The van der Waals surface area contributed by atoms with Gasteiger partial charge in [0.05, 0.1) is 0 Å². The summed E-state index contributed by atoms with van der Waals surface area (Å²) >= 11 is 0.849. The molecule has 0 bridgehead atoms. The Hall–Kier alpha value is -1.62. The van der Waals surface area contributed by atoms with E-state index in [-0.39, 0.29) is 6.42 Å². The van der Waals surface area contributed by atoms with Crippen LogP contribution < -0.4 is 5.32 Å². The zero-order chi connectivity index (χ0) is 14.2. The molecule has 0 saturated carbocycles. The largest absolute Gasteiger partial charge is 0.421 e. The van der Waals surface area contributed by atoms with Gasteiger partial charge in [-0.05, 0) is 17.7 Å². The topological polar surface area (TPSA) is 12.0 Å². The van der Waals surface area contributed by atoms with Crippen LogP contribution in [0.2, 0.25) is 0 Å². The van der Waals surface area contributed by atoms with Gasteiger partial charge in [0.25, 0.3) is 0 Å². The number of hydrogen-bond donors (Lipinski definition) is 1. The van der Waals surface area contributed by atoms with Crippen molar-refractivity contribution < 1.29 is 13.2 Å². The number of para-hydroxylation sites is 1. The van der Waals surface area contributed by atoms with Crippen molar-refractivity contribution in [2.24, 2.45) is 0 Å². The van der Waals surface area contributed by atoms with Gasteiger partial charge in [-0.15, -0.1) is 0 Å². The second kappa shape index (κ2) is 4.74. The molecule has 2 aromatic rings. The van der Waals surface area contributed by atoms with Crippen LogP contribution >= 0.6 is 11.8 Å². The highest BCUT2D eigenvalue weighted by atomic mass is 32.2. The van der Waals surface area contributed by atoms with Gasteiger partial charge in [-0.3, -0.25) is 0 Å². The summed E-state index contributed by atoms with van der Waals surface area (Å²) in [6.07, 6.45) is -4.44. The average molecular weight is 295 g/mol. The maximum Gasteiger partial charge on any atom is 0.421 e. The van der Waals surface area contributed by atoms with Gasteiger partial charge in [-0.25, -0.2) is 0 Å². The molecule has 1 nitrogen and oxygen atoms in total. The van der Waals surface area contributed by atoms with Crippen LogP contribution in [-0.2, 0) is 6.42 Å². The van der Waals surface area contributed by atoms with E-state index in [1.165, 1.54) is 0 Å². The minimum absolute atomic E-state index is 0.101. The molecule has 1 atom stereocenters. The third-order valence-corrected chi connectivity index (χ3v) is 4.66. The number of rotatable bonds is 2. The highest BCUT2D eigenvalue weighted by Crippen LogP contribution is 2.54. The Bertz CT molecular complexity index is 585. The van der Waals surface area contributed by atoms with Crippen LogP contribution in [-0.4, -0.2) is 11.0 Å². The molecule has 0 aliphatic carbocycles. The average Bonchev–Trinajstić information content (AvgIpc) is 2.78. The molecule has 0 aromatic heterocycles. The van der Waals surface area contributed by atoms with Crippen LogP contribution in [0.4, 0.5) is 18.9 Å². The van der Waals surface area contributed by atoms with Crippen LogP contribution in [0.5, 0.6) is 0 Å². The second-order valence-corrected chi connectivity index (χ2v) is 6.05. The Balaban J connectivity index is 1.97. The standard InChI is InChI=1S/C15H12F3NS/c16-15(17,18)14(10-11-6-2-1-3-7-11)19-12-8-4-5-9-13(12)20-14/h1-9,19H,10H2. The van der Waals surface area contributed by atoms with E-state index in [0.717, 1.165) is 11.8 Å². The highest BCUT2D eigenvalue weighted by Gasteiger charge is 2.58. The van der Waals surface area contributed by atoms with Crippen molar-refractivity contribution in [3.05, 3.63) is 60.2 Å². The van der Waals surface area contributed by atoms with Crippen molar-refractivity contribution in [3.8, 4) is 0 Å². The molecule has 0 fully saturated rings. The fourth-order valence-corrected chi connectivity index (χ4v) is 3.55. The first kappa shape index (κ1) is 13.4. The molecule has 1 aliphatic heterocycles. The number of thioether (sulfide) groups is 1. The maximum atomic E-state index is 13.6. The highest BCUT2D eigenvalue weighted by molar-refractivity contribution is 8.01. The van der Waals surface area contributed by atoms with E-state index in [0.29, 0.717) is 16.1 Å². The van der Waals surface area contributed by atoms with E-state index in [1.54, 1.807) is 54.6 Å². The van der Waals surface area contributed by atoms with Gasteiger partial charge in [0.15, 0.2) is 4.87 Å². The lowest BCUT2D eigenvalue weighted by Crippen LogP contribution is -2.48. The van der Waals surface area contributed by atoms with E-state index >= 15 is 0 Å². The Morgan fingerprint density at radius 2 is 1.60 bits per heavy atom. The first-order valence-electron chi connectivity index (χ1n) is 6.17. The molecule has 0 saturated heterocycles. The number of anilines is 1. The molecular weight excluding hydrogens is 283 g/mol. The third-order valence-electron chi connectivity index (χ3n) is 3.26. The number of benzene rings is 2. The van der Waals surface area contributed by atoms with Gasteiger partial charge in [-0.2, -0.15) is 13.2 Å². The molecule has 0 spiro atoms. The lowest BCUT2D eigenvalue weighted by Gasteiger charge is -2.31. The fraction of sp³-hybridized carbons (Fsp3) is 0.200. The molecule has 0 amide bonds. The zero-order valence-corrected chi connectivity index (χ0v) is 11.3. The minimum atomic E-state index is -4.34. The maximum absolute atomic E-state index is 13.6. The smallest absolute Gasteiger partial charge is 0.362 e. The summed E-state index contributed by atoms with van der Waals surface area (Å²) in [4.78, 5) is -1.35. The molecule has 1 heterocycles. The summed E-state index contributed by atoms with van der Waals surface area (Å²) in [5.74, 6) is 0. The number of halogens is 3. The van der Waals surface area contributed by atoms with Crippen molar-refractivity contribution in [1.82, 2.24) is 0 Å². The summed E-state index contributed by atoms with van der Waals surface area (Å²) < 4.78 is 40.7. The molecule has 2 aromatic carbocycles. The van der Waals surface area contributed by atoms with E-state index < -0.39 is 11.0 Å². The van der Waals surface area contributed by atoms with Crippen molar-refractivity contribution in [2.45, 2.75) is 22.4 Å². The predicted octanol–water partition coefficient (Wildman–Crippen LogP) is 4.71. The summed E-state index contributed by atoms with van der Waals surface area (Å²) in [6.45, 7) is 0. The summed E-state index contributed by atoms with van der Waals surface area (Å²) in [5, 5.41) is 2.67. The van der Waals surface area contributed by atoms with Crippen molar-refractivity contribution in [3.63, 3.8) is 0 Å². The molecular formula is C15H12F3NS. The number of hydrogen-bond acceptors (Lipinski definition) is 2. The minimum Gasteiger partial charge on any atom is -0.362 e. The molecule has 5 heteroatoms. The first-order valence-corrected chi connectivity index (χ1v) is 6.99. The fourth-order valence-electron chi connectivity index (χ4n) is 2.28. The monoisotopic (exact) mass is 295 g/mol. The van der Waals surface area contributed by atoms with Crippen LogP contribution in [0, 0.1) is 0 Å². The van der Waals surface area contributed by atoms with Gasteiger partial charge >= 0.3 is 6.18 Å². The van der Waals surface area contributed by atoms with E-state index in [1.807, 2.05) is 0 Å². The molecule has 3 rings (SSSR count). The molecule has 1 N–H and O–H groups in total. The lowest BCUT2D eigenvalue weighted by atomic mass is 10.0. The van der Waals surface area contributed by atoms with Crippen molar-refractivity contribution >= 4 is 17.4 Å². The van der Waals surface area contributed by atoms with Crippen molar-refractivity contribution in [2.75, 3.05) is 5.32 Å². The number of fused-ring (bicyclic) bond motifs is 1. The predicted molar refractivity (Wildman–Crippen MR) is 74.9 cm³/mol. The molecule has 1 aliphatic rings. The van der Waals surface area contributed by atoms with Crippen LogP contribution in [0.15, 0.2) is 59.5 Å². The van der Waals surface area contributed by atoms with Gasteiger partial charge in [0, 0.05) is 17.0 Å². The SMILES string of the molecule is FC(F)(F)C1(Cc2ccccc2)Nc2ccccc2S1. The Morgan fingerprint density at radius 3 is 2.25 bits per heavy atom. The van der Waals surface area contributed by atoms with E-state index in [2.05, 4.69) is 5.32 Å². The Kier molecular flexibility index (Phi) is 3.17. The summed E-state index contributed by atoms with van der Waals surface area (Å²) in [5.41, 5.74) is 1.21. The van der Waals surface area contributed by atoms with Crippen LogP contribution in [0.3, 0.4) is 0 Å². The molecule has 1 unspecified atom stereocenters. The summed E-state index contributed by atoms with van der Waals surface area (Å²) in [6, 6.07) is 15.6.